The lowest BCUT2D eigenvalue weighted by Gasteiger charge is -2.19. The fraction of sp³-hybridized carbons (Fsp3) is 0.312. The summed E-state index contributed by atoms with van der Waals surface area (Å²) in [7, 11) is 2.11. The monoisotopic (exact) mass is 290 g/mol. The molecule has 20 heavy (non-hydrogen) atoms. The van der Waals surface area contributed by atoms with Crippen LogP contribution in [0, 0.1) is 0 Å². The molecule has 0 amide bonds. The van der Waals surface area contributed by atoms with E-state index in [-0.39, 0.29) is 12.1 Å². The molecule has 0 fully saturated rings. The van der Waals surface area contributed by atoms with Crippen molar-refractivity contribution in [1.82, 2.24) is 0 Å². The molecule has 0 saturated heterocycles. The van der Waals surface area contributed by atoms with Crippen LogP contribution in [0.25, 0.3) is 0 Å². The molecule has 1 N–H and O–H groups in total. The first-order valence-electron chi connectivity index (χ1n) is 6.75. The lowest BCUT2D eigenvalue weighted by Crippen LogP contribution is -3.08. The Kier molecular flexibility index (Phi) is 5.32. The van der Waals surface area contributed by atoms with Crippen molar-refractivity contribution in [3.63, 3.8) is 0 Å². The number of thiophene rings is 1. The van der Waals surface area contributed by atoms with Crippen molar-refractivity contribution < 1.29 is 14.4 Å². The second-order valence-electron chi connectivity index (χ2n) is 5.02. The number of hydrogen-bond acceptors (Lipinski definition) is 3. The van der Waals surface area contributed by atoms with Gasteiger partial charge in [0.1, 0.15) is 24.1 Å². The lowest BCUT2D eigenvalue weighted by atomic mass is 10.2. The van der Waals surface area contributed by atoms with Crippen molar-refractivity contribution in [2.24, 2.45) is 0 Å². The van der Waals surface area contributed by atoms with Gasteiger partial charge in [0, 0.05) is 5.56 Å². The first kappa shape index (κ1) is 14.8. The minimum atomic E-state index is -0.222. The number of esters is 1. The highest BCUT2D eigenvalue weighted by atomic mass is 32.1. The molecule has 0 spiro atoms. The molecule has 0 radical (unpaired) electrons. The maximum Gasteiger partial charge on any atom is 0.348 e. The molecule has 2 aromatic rings. The molecular weight excluding hydrogens is 270 g/mol. The highest BCUT2D eigenvalue weighted by molar-refractivity contribution is 7.11. The van der Waals surface area contributed by atoms with Crippen molar-refractivity contribution in [3.05, 3.63) is 58.3 Å². The quantitative estimate of drug-likeness (QED) is 0.825. The van der Waals surface area contributed by atoms with Crippen LogP contribution in [0.15, 0.2) is 47.8 Å². The SMILES string of the molecule is C[C@H](C[NH+](C)Cc1ccccc1)OC(=O)c1cccs1. The summed E-state index contributed by atoms with van der Waals surface area (Å²) < 4.78 is 5.45. The zero-order chi connectivity index (χ0) is 14.4. The molecule has 2 rings (SSSR count). The molecule has 1 aromatic heterocycles. The number of carbonyl (C=O) groups excluding carboxylic acids is 1. The Morgan fingerprint density at radius 3 is 2.65 bits per heavy atom. The van der Waals surface area contributed by atoms with Crippen LogP contribution in [-0.4, -0.2) is 25.7 Å². The molecule has 4 heteroatoms. The first-order valence-corrected chi connectivity index (χ1v) is 7.63. The molecule has 1 aromatic carbocycles. The van der Waals surface area contributed by atoms with E-state index in [9.17, 15) is 4.79 Å². The van der Waals surface area contributed by atoms with Crippen molar-refractivity contribution >= 4 is 17.3 Å². The van der Waals surface area contributed by atoms with Gasteiger partial charge in [-0.25, -0.2) is 4.79 Å². The molecule has 1 unspecified atom stereocenters. The number of carbonyl (C=O) groups is 1. The Balaban J connectivity index is 1.79. The Morgan fingerprint density at radius 2 is 2.00 bits per heavy atom. The molecule has 2 atom stereocenters. The predicted molar refractivity (Wildman–Crippen MR) is 81.1 cm³/mol. The zero-order valence-electron chi connectivity index (χ0n) is 11.8. The fourth-order valence-electron chi connectivity index (χ4n) is 2.18. The number of hydrogen-bond donors (Lipinski definition) is 1. The van der Waals surface area contributed by atoms with Gasteiger partial charge in [0.25, 0.3) is 0 Å². The van der Waals surface area contributed by atoms with Crippen LogP contribution in [0.3, 0.4) is 0 Å². The average molecular weight is 290 g/mol. The Labute approximate surface area is 123 Å². The number of nitrogens with one attached hydrogen (secondary N) is 1. The number of ether oxygens (including phenoxy) is 1. The number of quaternary nitrogens is 1. The van der Waals surface area contributed by atoms with Gasteiger partial charge in [-0.05, 0) is 18.4 Å². The molecule has 0 aliphatic rings. The summed E-state index contributed by atoms with van der Waals surface area (Å²) in [6.45, 7) is 3.67. The van der Waals surface area contributed by atoms with Crippen LogP contribution in [0.4, 0.5) is 0 Å². The largest absolute Gasteiger partial charge is 0.452 e. The van der Waals surface area contributed by atoms with E-state index in [2.05, 4.69) is 19.2 Å². The van der Waals surface area contributed by atoms with E-state index in [1.165, 1.54) is 21.8 Å². The topological polar surface area (TPSA) is 30.7 Å². The van der Waals surface area contributed by atoms with Gasteiger partial charge in [0.2, 0.25) is 0 Å². The zero-order valence-corrected chi connectivity index (χ0v) is 12.7. The molecular formula is C16H20NO2S+. The van der Waals surface area contributed by atoms with Crippen LogP contribution >= 0.6 is 11.3 Å². The average Bonchev–Trinajstić information content (AvgIpc) is 2.93. The second-order valence-corrected chi connectivity index (χ2v) is 5.96. The summed E-state index contributed by atoms with van der Waals surface area (Å²) in [6.07, 6.45) is -0.0895. The number of benzene rings is 1. The fourth-order valence-corrected chi connectivity index (χ4v) is 2.79. The molecule has 0 aliphatic heterocycles. The van der Waals surface area contributed by atoms with Gasteiger partial charge in [-0.15, -0.1) is 11.3 Å². The van der Waals surface area contributed by atoms with Gasteiger partial charge in [-0.3, -0.25) is 0 Å². The van der Waals surface area contributed by atoms with Gasteiger partial charge >= 0.3 is 5.97 Å². The van der Waals surface area contributed by atoms with Crippen LogP contribution in [0.2, 0.25) is 0 Å². The summed E-state index contributed by atoms with van der Waals surface area (Å²) in [5.41, 5.74) is 1.29. The first-order chi connectivity index (χ1) is 9.65. The third-order valence-electron chi connectivity index (χ3n) is 3.02. The van der Waals surface area contributed by atoms with Gasteiger partial charge in [0.15, 0.2) is 0 Å². The minimum Gasteiger partial charge on any atom is -0.452 e. The maximum atomic E-state index is 11.8. The van der Waals surface area contributed by atoms with E-state index < -0.39 is 0 Å². The van der Waals surface area contributed by atoms with Crippen molar-refractivity contribution in [2.75, 3.05) is 13.6 Å². The highest BCUT2D eigenvalue weighted by Crippen LogP contribution is 2.10. The van der Waals surface area contributed by atoms with Gasteiger partial charge in [-0.2, -0.15) is 0 Å². The highest BCUT2D eigenvalue weighted by Gasteiger charge is 2.16. The molecule has 3 nitrogen and oxygen atoms in total. The van der Waals surface area contributed by atoms with Crippen LogP contribution < -0.4 is 4.90 Å². The van der Waals surface area contributed by atoms with E-state index in [1.54, 1.807) is 6.07 Å². The molecule has 0 saturated carbocycles. The maximum absolute atomic E-state index is 11.8. The number of likely N-dealkylation sites (N-methyl/N-ethyl adjacent to an activating group) is 1. The summed E-state index contributed by atoms with van der Waals surface area (Å²) in [4.78, 5) is 13.8. The molecule has 106 valence electrons. The summed E-state index contributed by atoms with van der Waals surface area (Å²) in [5.74, 6) is -0.222. The van der Waals surface area contributed by atoms with Crippen LogP contribution in [-0.2, 0) is 11.3 Å². The molecule has 0 bridgehead atoms. The minimum absolute atomic E-state index is 0.0895. The molecule has 1 heterocycles. The van der Waals surface area contributed by atoms with E-state index in [1.807, 2.05) is 36.6 Å². The van der Waals surface area contributed by atoms with Gasteiger partial charge in [0.05, 0.1) is 7.05 Å². The van der Waals surface area contributed by atoms with Gasteiger partial charge in [-0.1, -0.05) is 36.4 Å². The Bertz CT molecular complexity index is 525. The third-order valence-corrected chi connectivity index (χ3v) is 3.87. The summed E-state index contributed by atoms with van der Waals surface area (Å²) in [5, 5.41) is 1.88. The standard InChI is InChI=1S/C16H19NO2S/c1-13(19-16(18)15-9-6-10-20-15)11-17(2)12-14-7-4-3-5-8-14/h3-10,13H,11-12H2,1-2H3/p+1/t13-/m1/s1. The van der Waals surface area contributed by atoms with Gasteiger partial charge < -0.3 is 9.64 Å². The smallest absolute Gasteiger partial charge is 0.348 e. The van der Waals surface area contributed by atoms with Crippen molar-refractivity contribution in [1.29, 1.82) is 0 Å². The predicted octanol–water partition coefficient (Wildman–Crippen LogP) is 2.01. The molecule has 0 aliphatic carbocycles. The van der Waals surface area contributed by atoms with E-state index >= 15 is 0 Å². The third kappa shape index (κ3) is 4.47. The Morgan fingerprint density at radius 1 is 1.25 bits per heavy atom. The van der Waals surface area contributed by atoms with Crippen LogP contribution in [0.1, 0.15) is 22.2 Å². The van der Waals surface area contributed by atoms with Crippen molar-refractivity contribution in [3.8, 4) is 0 Å². The summed E-state index contributed by atoms with van der Waals surface area (Å²) >= 11 is 1.41. The van der Waals surface area contributed by atoms with E-state index in [0.29, 0.717) is 4.88 Å². The van der Waals surface area contributed by atoms with E-state index in [0.717, 1.165) is 13.1 Å². The second kappa shape index (κ2) is 7.22. The Hall–Kier alpha value is -1.65. The normalized spacial score (nSPS) is 13.7. The lowest BCUT2D eigenvalue weighted by molar-refractivity contribution is -0.896. The number of rotatable bonds is 6. The van der Waals surface area contributed by atoms with E-state index in [4.69, 9.17) is 4.74 Å². The van der Waals surface area contributed by atoms with Crippen LogP contribution in [0.5, 0.6) is 0 Å². The van der Waals surface area contributed by atoms with Crippen molar-refractivity contribution in [2.45, 2.75) is 19.6 Å². The summed E-state index contributed by atoms with van der Waals surface area (Å²) in [6, 6.07) is 14.0.